The Hall–Kier alpha value is -2.48. The van der Waals surface area contributed by atoms with Gasteiger partial charge in [-0.3, -0.25) is 9.69 Å². The number of phenolic OH excluding ortho intramolecular Hbond substituents is 1. The Morgan fingerprint density at radius 2 is 1.85 bits per heavy atom. The Morgan fingerprint density at radius 3 is 2.44 bits per heavy atom. The second-order valence-corrected chi connectivity index (χ2v) is 7.78. The number of piperazine rings is 1. The van der Waals surface area contributed by atoms with Crippen molar-refractivity contribution in [1.29, 1.82) is 0 Å². The third-order valence-corrected chi connectivity index (χ3v) is 4.52. The maximum atomic E-state index is 12.2. The maximum absolute atomic E-state index is 12.2. The molecule has 0 spiro atoms. The van der Waals surface area contributed by atoms with Crippen LogP contribution in [0.25, 0.3) is 0 Å². The first-order valence-corrected chi connectivity index (χ1v) is 9.01. The van der Waals surface area contributed by atoms with Gasteiger partial charge in [0, 0.05) is 32.7 Å². The molecule has 0 unspecified atom stereocenters. The molecule has 0 aromatic heterocycles. The van der Waals surface area contributed by atoms with Crippen LogP contribution in [0.15, 0.2) is 6.07 Å². The number of benzene rings is 1. The quantitative estimate of drug-likeness (QED) is 0.808. The van der Waals surface area contributed by atoms with E-state index in [-0.39, 0.29) is 30.0 Å². The van der Waals surface area contributed by atoms with Gasteiger partial charge in [-0.25, -0.2) is 4.79 Å². The summed E-state index contributed by atoms with van der Waals surface area (Å²) >= 11 is 0. The molecule has 0 saturated carbocycles. The summed E-state index contributed by atoms with van der Waals surface area (Å²) < 4.78 is 16.3. The van der Waals surface area contributed by atoms with E-state index in [0.717, 1.165) is 0 Å². The molecular formula is C19H26N2O6. The third-order valence-electron chi connectivity index (χ3n) is 4.52. The minimum Gasteiger partial charge on any atom is -0.507 e. The highest BCUT2D eigenvalue weighted by molar-refractivity contribution is 5.98. The molecule has 0 atom stereocenters. The zero-order valence-corrected chi connectivity index (χ0v) is 16.2. The van der Waals surface area contributed by atoms with E-state index < -0.39 is 5.60 Å². The molecule has 0 radical (unpaired) electrons. The number of aromatic hydroxyl groups is 1. The van der Waals surface area contributed by atoms with Crippen LogP contribution in [0.4, 0.5) is 4.79 Å². The largest absolute Gasteiger partial charge is 0.507 e. The van der Waals surface area contributed by atoms with Gasteiger partial charge < -0.3 is 24.2 Å². The lowest BCUT2D eigenvalue weighted by Gasteiger charge is -2.35. The molecule has 8 nitrogen and oxygen atoms in total. The number of carbonyl (C=O) groups excluding carboxylic acids is 2. The van der Waals surface area contributed by atoms with E-state index in [1.165, 1.54) is 13.0 Å². The van der Waals surface area contributed by atoms with E-state index in [2.05, 4.69) is 4.90 Å². The fourth-order valence-corrected chi connectivity index (χ4v) is 3.15. The Kier molecular flexibility index (Phi) is 5.19. The van der Waals surface area contributed by atoms with Crippen LogP contribution in [0.2, 0.25) is 0 Å². The summed E-state index contributed by atoms with van der Waals surface area (Å²) in [6.07, 6.45) is -0.318. The molecule has 3 rings (SSSR count). The zero-order chi connectivity index (χ0) is 19.8. The van der Waals surface area contributed by atoms with Crippen molar-refractivity contribution in [3.63, 3.8) is 0 Å². The van der Waals surface area contributed by atoms with E-state index in [0.29, 0.717) is 49.8 Å². The Labute approximate surface area is 158 Å². The number of ketones is 1. The molecule has 1 amide bonds. The smallest absolute Gasteiger partial charge is 0.410 e. The Bertz CT molecular complexity index is 748. The number of fused-ring (bicyclic) bond motifs is 1. The summed E-state index contributed by atoms with van der Waals surface area (Å²) in [5, 5.41) is 10.6. The molecule has 1 fully saturated rings. The van der Waals surface area contributed by atoms with Crippen LogP contribution in [-0.4, -0.2) is 65.4 Å². The third kappa shape index (κ3) is 4.27. The zero-order valence-electron chi connectivity index (χ0n) is 16.2. The first-order valence-electron chi connectivity index (χ1n) is 9.01. The van der Waals surface area contributed by atoms with Gasteiger partial charge in [-0.1, -0.05) is 0 Å². The molecule has 2 aliphatic rings. The molecule has 2 aliphatic heterocycles. The van der Waals surface area contributed by atoms with Crippen molar-refractivity contribution in [2.45, 2.75) is 39.8 Å². The van der Waals surface area contributed by atoms with Gasteiger partial charge in [0.15, 0.2) is 17.3 Å². The SMILES string of the molecule is CC(=O)c1cc2c(c(CN3CCN(C(=O)OC(C)(C)C)CC3)c1O)OCO2. The van der Waals surface area contributed by atoms with E-state index in [1.54, 1.807) is 4.90 Å². The van der Waals surface area contributed by atoms with Crippen molar-refractivity contribution in [2.24, 2.45) is 0 Å². The summed E-state index contributed by atoms with van der Waals surface area (Å²) in [5.74, 6) is 0.649. The van der Waals surface area contributed by atoms with Gasteiger partial charge in [-0.05, 0) is 33.8 Å². The van der Waals surface area contributed by atoms with Crippen LogP contribution < -0.4 is 9.47 Å². The molecule has 1 saturated heterocycles. The number of phenols is 1. The van der Waals surface area contributed by atoms with Gasteiger partial charge in [0.05, 0.1) is 11.1 Å². The monoisotopic (exact) mass is 378 g/mol. The van der Waals surface area contributed by atoms with Crippen molar-refractivity contribution in [3.05, 3.63) is 17.2 Å². The van der Waals surface area contributed by atoms with Crippen LogP contribution in [0.1, 0.15) is 43.6 Å². The lowest BCUT2D eigenvalue weighted by Crippen LogP contribution is -2.49. The van der Waals surface area contributed by atoms with E-state index >= 15 is 0 Å². The topological polar surface area (TPSA) is 88.5 Å². The highest BCUT2D eigenvalue weighted by Gasteiger charge is 2.30. The average Bonchev–Trinajstić information content (AvgIpc) is 3.04. The first kappa shape index (κ1) is 19.3. The minimum absolute atomic E-state index is 0.0650. The van der Waals surface area contributed by atoms with Gasteiger partial charge in [-0.2, -0.15) is 0 Å². The minimum atomic E-state index is -0.523. The lowest BCUT2D eigenvalue weighted by atomic mass is 10.0. The molecular weight excluding hydrogens is 352 g/mol. The van der Waals surface area contributed by atoms with E-state index in [9.17, 15) is 14.7 Å². The Morgan fingerprint density at radius 1 is 1.19 bits per heavy atom. The number of hydrogen-bond donors (Lipinski definition) is 1. The molecule has 27 heavy (non-hydrogen) atoms. The van der Waals surface area contributed by atoms with Crippen molar-refractivity contribution in [3.8, 4) is 17.2 Å². The van der Waals surface area contributed by atoms with Crippen molar-refractivity contribution >= 4 is 11.9 Å². The van der Waals surface area contributed by atoms with Crippen LogP contribution >= 0.6 is 0 Å². The fourth-order valence-electron chi connectivity index (χ4n) is 3.15. The van der Waals surface area contributed by atoms with Gasteiger partial charge in [0.2, 0.25) is 6.79 Å². The number of Topliss-reactive ketones (excluding diaryl/α,β-unsaturated/α-hetero) is 1. The van der Waals surface area contributed by atoms with Crippen LogP contribution in [-0.2, 0) is 11.3 Å². The maximum Gasteiger partial charge on any atom is 0.410 e. The van der Waals surface area contributed by atoms with Crippen LogP contribution in [0.5, 0.6) is 17.2 Å². The van der Waals surface area contributed by atoms with Crippen molar-refractivity contribution in [2.75, 3.05) is 33.0 Å². The summed E-state index contributed by atoms with van der Waals surface area (Å²) in [6, 6.07) is 1.52. The molecule has 1 N–H and O–H groups in total. The molecule has 1 aromatic carbocycles. The van der Waals surface area contributed by atoms with Crippen molar-refractivity contribution < 1.29 is 28.9 Å². The molecule has 0 aliphatic carbocycles. The number of hydrogen-bond acceptors (Lipinski definition) is 7. The van der Waals surface area contributed by atoms with Gasteiger partial charge in [-0.15, -0.1) is 0 Å². The highest BCUT2D eigenvalue weighted by Crippen LogP contribution is 2.43. The summed E-state index contributed by atoms with van der Waals surface area (Å²) in [4.78, 5) is 27.8. The first-order chi connectivity index (χ1) is 12.7. The second kappa shape index (κ2) is 7.26. The summed E-state index contributed by atoms with van der Waals surface area (Å²) in [7, 11) is 0. The van der Waals surface area contributed by atoms with E-state index in [4.69, 9.17) is 14.2 Å². The number of ether oxygens (including phenoxy) is 3. The number of amides is 1. The number of rotatable bonds is 3. The summed E-state index contributed by atoms with van der Waals surface area (Å²) in [6.45, 7) is 9.70. The predicted octanol–water partition coefficient (Wildman–Crippen LogP) is 2.38. The van der Waals surface area contributed by atoms with Crippen LogP contribution in [0, 0.1) is 0 Å². The normalized spacial score (nSPS) is 17.1. The predicted molar refractivity (Wildman–Crippen MR) is 97.3 cm³/mol. The molecule has 8 heteroatoms. The molecule has 1 aromatic rings. The average molecular weight is 378 g/mol. The second-order valence-electron chi connectivity index (χ2n) is 7.78. The molecule has 2 heterocycles. The number of carbonyl (C=O) groups is 2. The van der Waals surface area contributed by atoms with Gasteiger partial charge >= 0.3 is 6.09 Å². The molecule has 148 valence electrons. The molecule has 0 bridgehead atoms. The van der Waals surface area contributed by atoms with E-state index in [1.807, 2.05) is 20.8 Å². The van der Waals surface area contributed by atoms with Gasteiger partial charge in [0.25, 0.3) is 0 Å². The summed E-state index contributed by atoms with van der Waals surface area (Å²) in [5.41, 5.74) is 0.243. The fraction of sp³-hybridized carbons (Fsp3) is 0.579. The lowest BCUT2D eigenvalue weighted by molar-refractivity contribution is 0.0137. The van der Waals surface area contributed by atoms with Gasteiger partial charge in [0.1, 0.15) is 11.4 Å². The number of nitrogens with zero attached hydrogens (tertiary/aromatic N) is 2. The Balaban J connectivity index is 1.69. The van der Waals surface area contributed by atoms with Crippen molar-refractivity contribution in [1.82, 2.24) is 9.80 Å². The van der Waals surface area contributed by atoms with Crippen LogP contribution in [0.3, 0.4) is 0 Å². The highest BCUT2D eigenvalue weighted by atomic mass is 16.7. The standard InChI is InChI=1S/C19H26N2O6/c1-12(22)13-9-15-17(26-11-25-15)14(16(13)23)10-20-5-7-21(8-6-20)18(24)27-19(2,3)4/h9,23H,5-8,10-11H2,1-4H3.